The van der Waals surface area contributed by atoms with Crippen LogP contribution in [0.1, 0.15) is 32.1 Å². The van der Waals surface area contributed by atoms with Crippen LogP contribution in [0.2, 0.25) is 0 Å². The average molecular weight is 172 g/mol. The van der Waals surface area contributed by atoms with Crippen LogP contribution in [-0.4, -0.2) is 17.0 Å². The molecule has 0 aromatic heterocycles. The molecule has 0 aromatic rings. The zero-order chi connectivity index (χ0) is 8.10. The molecule has 1 nitrogen and oxygen atoms in total. The molecule has 1 saturated carbocycles. The van der Waals surface area contributed by atoms with Crippen LogP contribution in [0.4, 0.5) is 0 Å². The molecule has 0 radical (unpaired) electrons. The first-order valence-corrected chi connectivity index (χ1v) is 5.16. The summed E-state index contributed by atoms with van der Waals surface area (Å²) in [6.07, 6.45) is 6.72. The summed E-state index contributed by atoms with van der Waals surface area (Å²) in [5, 5.41) is 9.48. The predicted molar refractivity (Wildman–Crippen MR) is 50.7 cm³/mol. The summed E-state index contributed by atoms with van der Waals surface area (Å²) >= 11 is 1.78. The summed E-state index contributed by atoms with van der Waals surface area (Å²) in [5.41, 5.74) is 0. The van der Waals surface area contributed by atoms with Gasteiger partial charge in [0.25, 0.3) is 0 Å². The van der Waals surface area contributed by atoms with Crippen LogP contribution in [0.25, 0.3) is 0 Å². The van der Waals surface area contributed by atoms with Gasteiger partial charge in [0, 0.05) is 10.2 Å². The highest BCUT2D eigenvalue weighted by Gasteiger charge is 2.14. The van der Waals surface area contributed by atoms with Crippen LogP contribution in [0, 0.1) is 0 Å². The van der Waals surface area contributed by atoms with Crippen molar-refractivity contribution in [1.82, 2.24) is 0 Å². The Morgan fingerprint density at radius 2 is 2.00 bits per heavy atom. The minimum absolute atomic E-state index is 0.140. The van der Waals surface area contributed by atoms with Crippen molar-refractivity contribution in [3.63, 3.8) is 0 Å². The second kappa shape index (κ2) is 4.83. The zero-order valence-electron chi connectivity index (χ0n) is 6.88. The Balaban J connectivity index is 2.19. The average Bonchev–Trinajstić information content (AvgIpc) is 2.06. The molecule has 0 unspecified atom stereocenters. The third-order valence-corrected chi connectivity index (χ3v) is 3.33. The van der Waals surface area contributed by atoms with Crippen molar-refractivity contribution in [3.05, 3.63) is 11.5 Å². The van der Waals surface area contributed by atoms with E-state index in [0.717, 1.165) is 10.2 Å². The number of thioether (sulfide) groups is 1. The Bertz CT molecular complexity index is 128. The smallest absolute Gasteiger partial charge is 0.0734 e. The lowest BCUT2D eigenvalue weighted by molar-refractivity contribution is 0.339. The lowest BCUT2D eigenvalue weighted by atomic mass is 10.0. The molecule has 1 aliphatic rings. The molecule has 0 heterocycles. The lowest BCUT2D eigenvalue weighted by Crippen LogP contribution is -2.08. The molecule has 0 atom stereocenters. The predicted octanol–water partition coefficient (Wildman–Crippen LogP) is 2.56. The maximum atomic E-state index is 8.75. The summed E-state index contributed by atoms with van der Waals surface area (Å²) in [6, 6.07) is 0. The SMILES string of the molecule is C=C(CO)SC1CCCCC1. The Morgan fingerprint density at radius 1 is 1.36 bits per heavy atom. The Labute approximate surface area is 72.9 Å². The second-order valence-electron chi connectivity index (χ2n) is 3.07. The Morgan fingerprint density at radius 3 is 2.55 bits per heavy atom. The molecule has 11 heavy (non-hydrogen) atoms. The summed E-state index contributed by atoms with van der Waals surface area (Å²) < 4.78 is 0. The second-order valence-corrected chi connectivity index (χ2v) is 4.55. The maximum Gasteiger partial charge on any atom is 0.0734 e. The fraction of sp³-hybridized carbons (Fsp3) is 0.778. The van der Waals surface area contributed by atoms with Gasteiger partial charge in [-0.3, -0.25) is 0 Å². The van der Waals surface area contributed by atoms with Gasteiger partial charge in [0.05, 0.1) is 6.61 Å². The van der Waals surface area contributed by atoms with E-state index in [1.807, 2.05) is 0 Å². The molecule has 0 saturated heterocycles. The number of aliphatic hydroxyl groups excluding tert-OH is 1. The molecule has 1 rings (SSSR count). The molecule has 64 valence electrons. The number of rotatable bonds is 3. The highest BCUT2D eigenvalue weighted by Crippen LogP contribution is 2.31. The van der Waals surface area contributed by atoms with E-state index < -0.39 is 0 Å². The molecule has 0 amide bonds. The van der Waals surface area contributed by atoms with Crippen molar-refractivity contribution < 1.29 is 5.11 Å². The van der Waals surface area contributed by atoms with Gasteiger partial charge in [-0.25, -0.2) is 0 Å². The van der Waals surface area contributed by atoms with Crippen LogP contribution in [-0.2, 0) is 0 Å². The van der Waals surface area contributed by atoms with Gasteiger partial charge in [0.15, 0.2) is 0 Å². The number of hydrogen-bond donors (Lipinski definition) is 1. The third-order valence-electron chi connectivity index (χ3n) is 2.06. The van der Waals surface area contributed by atoms with Crippen LogP contribution < -0.4 is 0 Å². The van der Waals surface area contributed by atoms with Gasteiger partial charge in [-0.1, -0.05) is 25.8 Å². The van der Waals surface area contributed by atoms with E-state index in [1.165, 1.54) is 32.1 Å². The van der Waals surface area contributed by atoms with Gasteiger partial charge in [0.2, 0.25) is 0 Å². The minimum Gasteiger partial charge on any atom is -0.391 e. The quantitative estimate of drug-likeness (QED) is 0.706. The molecule has 1 aliphatic carbocycles. The van der Waals surface area contributed by atoms with Crippen LogP contribution in [0.3, 0.4) is 0 Å². The lowest BCUT2D eigenvalue weighted by Gasteiger charge is -2.21. The molecule has 0 aromatic carbocycles. The van der Waals surface area contributed by atoms with E-state index in [1.54, 1.807) is 11.8 Å². The highest BCUT2D eigenvalue weighted by atomic mass is 32.2. The van der Waals surface area contributed by atoms with Gasteiger partial charge in [-0.2, -0.15) is 0 Å². The normalized spacial score (nSPS) is 20.1. The van der Waals surface area contributed by atoms with Crippen molar-refractivity contribution in [2.75, 3.05) is 6.61 Å². The summed E-state index contributed by atoms with van der Waals surface area (Å²) in [5.74, 6) is 0. The van der Waals surface area contributed by atoms with E-state index in [2.05, 4.69) is 6.58 Å². The molecule has 2 heteroatoms. The first-order valence-electron chi connectivity index (χ1n) is 4.28. The minimum atomic E-state index is 0.140. The topological polar surface area (TPSA) is 20.2 Å². The third kappa shape index (κ3) is 3.30. The summed E-state index contributed by atoms with van der Waals surface area (Å²) in [7, 11) is 0. The summed E-state index contributed by atoms with van der Waals surface area (Å²) in [6.45, 7) is 3.92. The molecule has 0 aliphatic heterocycles. The van der Waals surface area contributed by atoms with Gasteiger partial charge in [-0.15, -0.1) is 11.8 Å². The first-order chi connectivity index (χ1) is 5.33. The van der Waals surface area contributed by atoms with Crippen molar-refractivity contribution >= 4 is 11.8 Å². The maximum absolute atomic E-state index is 8.75. The van der Waals surface area contributed by atoms with E-state index >= 15 is 0 Å². The van der Waals surface area contributed by atoms with Gasteiger partial charge < -0.3 is 5.11 Å². The van der Waals surface area contributed by atoms with E-state index in [4.69, 9.17) is 5.11 Å². The fourth-order valence-electron chi connectivity index (χ4n) is 1.46. The van der Waals surface area contributed by atoms with Crippen LogP contribution >= 0.6 is 11.8 Å². The monoisotopic (exact) mass is 172 g/mol. The molecule has 1 fully saturated rings. The Kier molecular flexibility index (Phi) is 4.02. The van der Waals surface area contributed by atoms with Gasteiger partial charge in [-0.05, 0) is 12.8 Å². The van der Waals surface area contributed by atoms with Gasteiger partial charge in [0.1, 0.15) is 0 Å². The van der Waals surface area contributed by atoms with Crippen molar-refractivity contribution in [1.29, 1.82) is 0 Å². The fourth-order valence-corrected chi connectivity index (χ4v) is 2.57. The molecule has 0 bridgehead atoms. The van der Waals surface area contributed by atoms with Crippen LogP contribution in [0.5, 0.6) is 0 Å². The van der Waals surface area contributed by atoms with E-state index in [9.17, 15) is 0 Å². The molecular weight excluding hydrogens is 156 g/mol. The van der Waals surface area contributed by atoms with Crippen LogP contribution in [0.15, 0.2) is 11.5 Å². The number of hydrogen-bond acceptors (Lipinski definition) is 2. The van der Waals surface area contributed by atoms with E-state index in [0.29, 0.717) is 0 Å². The first kappa shape index (κ1) is 9.14. The standard InChI is InChI=1S/C9H16OS/c1-8(7-10)11-9-5-3-2-4-6-9/h9-10H,1-7H2. The number of aliphatic hydroxyl groups is 1. The highest BCUT2D eigenvalue weighted by molar-refractivity contribution is 8.03. The van der Waals surface area contributed by atoms with Crippen molar-refractivity contribution in [2.45, 2.75) is 37.4 Å². The molecule has 0 spiro atoms. The van der Waals surface area contributed by atoms with Gasteiger partial charge >= 0.3 is 0 Å². The summed E-state index contributed by atoms with van der Waals surface area (Å²) in [4.78, 5) is 0.928. The zero-order valence-corrected chi connectivity index (χ0v) is 7.70. The molecular formula is C9H16OS. The van der Waals surface area contributed by atoms with Crippen molar-refractivity contribution in [3.8, 4) is 0 Å². The largest absolute Gasteiger partial charge is 0.391 e. The van der Waals surface area contributed by atoms with Crippen molar-refractivity contribution in [2.24, 2.45) is 0 Å². The molecule has 1 N–H and O–H groups in total. The Hall–Kier alpha value is 0.0500. The van der Waals surface area contributed by atoms with E-state index in [-0.39, 0.29) is 6.61 Å².